The number of piperidine rings is 1. The fourth-order valence-corrected chi connectivity index (χ4v) is 6.32. The summed E-state index contributed by atoms with van der Waals surface area (Å²) in [7, 11) is 2.21. The summed E-state index contributed by atoms with van der Waals surface area (Å²) in [5.74, 6) is 2.24. The van der Waals surface area contributed by atoms with Gasteiger partial charge in [-0.1, -0.05) is 37.6 Å². The Kier molecular flexibility index (Phi) is 5.83. The van der Waals surface area contributed by atoms with Gasteiger partial charge < -0.3 is 15.2 Å². The molecular weight excluding hydrogens is 506 g/mol. The lowest BCUT2D eigenvalue weighted by Gasteiger charge is -2.45. The van der Waals surface area contributed by atoms with Crippen molar-refractivity contribution in [2.24, 2.45) is 5.41 Å². The Morgan fingerprint density at radius 1 is 1.03 bits per heavy atom. The minimum atomic E-state index is 0.106. The van der Waals surface area contributed by atoms with Crippen LogP contribution in [0.15, 0.2) is 55.0 Å². The lowest BCUT2D eigenvalue weighted by atomic mass is 9.79. The SMILES string of the molecule is CN(c1nc(-c2ccnc3[nH]c(-c4ccc(Cl)cc4)cc23)nc2cncc(C3CC3)c12)C1CCNCC1(C)C. The largest absolute Gasteiger partial charge is 0.355 e. The molecular formula is C31H32ClN7. The van der Waals surface area contributed by atoms with Gasteiger partial charge in [-0.2, -0.15) is 0 Å². The van der Waals surface area contributed by atoms with Gasteiger partial charge in [0.05, 0.1) is 11.7 Å². The number of H-pyrrole nitrogens is 1. The summed E-state index contributed by atoms with van der Waals surface area (Å²) in [5, 5.41) is 6.43. The Hall–Kier alpha value is -3.55. The predicted octanol–water partition coefficient (Wildman–Crippen LogP) is 6.59. The van der Waals surface area contributed by atoms with Gasteiger partial charge in [-0.05, 0) is 72.5 Å². The highest BCUT2D eigenvalue weighted by Gasteiger charge is 2.37. The Balaban J connectivity index is 1.41. The van der Waals surface area contributed by atoms with Crippen LogP contribution in [0.4, 0.5) is 5.82 Å². The van der Waals surface area contributed by atoms with Crippen molar-refractivity contribution in [1.29, 1.82) is 0 Å². The molecule has 1 aliphatic carbocycles. The number of fused-ring (bicyclic) bond motifs is 2. The normalized spacial score (nSPS) is 19.0. The molecule has 5 heterocycles. The molecule has 39 heavy (non-hydrogen) atoms. The van der Waals surface area contributed by atoms with Crippen LogP contribution in [0.2, 0.25) is 5.02 Å². The van der Waals surface area contributed by atoms with E-state index in [1.165, 1.54) is 18.4 Å². The number of aromatic amines is 1. The molecule has 1 atom stereocenters. The number of benzene rings is 1. The van der Waals surface area contributed by atoms with Crippen LogP contribution in [0.5, 0.6) is 0 Å². The summed E-state index contributed by atoms with van der Waals surface area (Å²) in [6.45, 7) is 6.68. The van der Waals surface area contributed by atoms with Gasteiger partial charge in [-0.25, -0.2) is 15.0 Å². The summed E-state index contributed by atoms with van der Waals surface area (Å²) in [5.41, 5.74) is 6.07. The maximum Gasteiger partial charge on any atom is 0.163 e. The molecule has 0 spiro atoms. The van der Waals surface area contributed by atoms with Crippen molar-refractivity contribution in [3.8, 4) is 22.6 Å². The average molecular weight is 538 g/mol. The molecule has 0 radical (unpaired) electrons. The van der Waals surface area contributed by atoms with Gasteiger partial charge in [0.25, 0.3) is 0 Å². The summed E-state index contributed by atoms with van der Waals surface area (Å²) >= 11 is 6.13. The van der Waals surface area contributed by atoms with Crippen molar-refractivity contribution in [3.05, 3.63) is 65.6 Å². The van der Waals surface area contributed by atoms with Crippen LogP contribution in [0, 0.1) is 5.41 Å². The van der Waals surface area contributed by atoms with Crippen LogP contribution < -0.4 is 10.2 Å². The number of hydrogen-bond donors (Lipinski definition) is 2. The first-order chi connectivity index (χ1) is 18.9. The molecule has 5 aromatic rings. The van der Waals surface area contributed by atoms with E-state index in [0.717, 1.165) is 64.1 Å². The molecule has 1 saturated heterocycles. The number of anilines is 1. The molecule has 2 fully saturated rings. The van der Waals surface area contributed by atoms with Crippen LogP contribution >= 0.6 is 11.6 Å². The van der Waals surface area contributed by atoms with Crippen LogP contribution in [0.3, 0.4) is 0 Å². The monoisotopic (exact) mass is 537 g/mol. The van der Waals surface area contributed by atoms with E-state index in [4.69, 9.17) is 21.6 Å². The molecule has 0 bridgehead atoms. The highest BCUT2D eigenvalue weighted by atomic mass is 35.5. The van der Waals surface area contributed by atoms with E-state index in [-0.39, 0.29) is 5.41 Å². The Morgan fingerprint density at radius 2 is 1.85 bits per heavy atom. The maximum absolute atomic E-state index is 6.13. The molecule has 7 nitrogen and oxygen atoms in total. The van der Waals surface area contributed by atoms with E-state index in [2.05, 4.69) is 52.1 Å². The first kappa shape index (κ1) is 24.5. The smallest absolute Gasteiger partial charge is 0.163 e. The molecule has 1 unspecified atom stereocenters. The fraction of sp³-hybridized carbons (Fsp3) is 0.355. The van der Waals surface area contributed by atoms with Crippen molar-refractivity contribution in [2.45, 2.75) is 45.1 Å². The van der Waals surface area contributed by atoms with Crippen molar-refractivity contribution < 1.29 is 0 Å². The van der Waals surface area contributed by atoms with Crippen LogP contribution in [-0.2, 0) is 0 Å². The second kappa shape index (κ2) is 9.28. The van der Waals surface area contributed by atoms with Gasteiger partial charge >= 0.3 is 0 Å². The maximum atomic E-state index is 6.13. The topological polar surface area (TPSA) is 82.6 Å². The minimum Gasteiger partial charge on any atom is -0.355 e. The van der Waals surface area contributed by atoms with Gasteiger partial charge in [-0.3, -0.25) is 4.98 Å². The van der Waals surface area contributed by atoms with E-state index < -0.39 is 0 Å². The first-order valence-corrected chi connectivity index (χ1v) is 14.1. The number of nitrogens with one attached hydrogen (secondary N) is 2. The molecule has 1 saturated carbocycles. The van der Waals surface area contributed by atoms with Gasteiger partial charge in [0.15, 0.2) is 5.82 Å². The van der Waals surface area contributed by atoms with Crippen molar-refractivity contribution in [1.82, 2.24) is 30.2 Å². The molecule has 2 N–H and O–H groups in total. The Labute approximate surface area is 233 Å². The van der Waals surface area contributed by atoms with Crippen molar-refractivity contribution in [3.63, 3.8) is 0 Å². The van der Waals surface area contributed by atoms with Crippen molar-refractivity contribution in [2.75, 3.05) is 25.0 Å². The lowest BCUT2D eigenvalue weighted by Crippen LogP contribution is -2.53. The molecule has 7 rings (SSSR count). The Morgan fingerprint density at radius 3 is 2.62 bits per heavy atom. The number of nitrogens with zero attached hydrogens (tertiary/aromatic N) is 5. The van der Waals surface area contributed by atoms with E-state index in [1.807, 2.05) is 48.9 Å². The molecule has 198 valence electrons. The summed E-state index contributed by atoms with van der Waals surface area (Å²) < 4.78 is 0. The van der Waals surface area contributed by atoms with E-state index in [1.54, 1.807) is 0 Å². The molecule has 1 aromatic carbocycles. The number of halogens is 1. The van der Waals surface area contributed by atoms with E-state index >= 15 is 0 Å². The molecule has 1 aliphatic heterocycles. The third-order valence-corrected chi connectivity index (χ3v) is 8.69. The Bertz CT molecular complexity index is 1690. The summed E-state index contributed by atoms with van der Waals surface area (Å²) in [6, 6.07) is 12.3. The first-order valence-electron chi connectivity index (χ1n) is 13.7. The summed E-state index contributed by atoms with van der Waals surface area (Å²) in [4.78, 5) is 25.6. The molecule has 8 heteroatoms. The van der Waals surface area contributed by atoms with Gasteiger partial charge in [-0.15, -0.1) is 0 Å². The standard InChI is InChI=1S/C31H32ClN7/c1-31(2)17-33-12-11-26(31)39(3)30-27-23(18-4-5-18)15-34-16-25(27)37-29(38-30)21-10-13-35-28-22(21)14-24(36-28)19-6-8-20(32)9-7-19/h6-10,13-16,18,26,33H,4-5,11-12,17H2,1-3H3,(H,35,36). The van der Waals surface area contributed by atoms with Gasteiger partial charge in [0.1, 0.15) is 11.5 Å². The zero-order valence-corrected chi connectivity index (χ0v) is 23.3. The van der Waals surface area contributed by atoms with E-state index in [9.17, 15) is 0 Å². The highest BCUT2D eigenvalue weighted by Crippen LogP contribution is 2.46. The minimum absolute atomic E-state index is 0.106. The lowest BCUT2D eigenvalue weighted by molar-refractivity contribution is 0.215. The van der Waals surface area contributed by atoms with Crippen LogP contribution in [0.25, 0.3) is 44.6 Å². The number of hydrogen-bond acceptors (Lipinski definition) is 6. The van der Waals surface area contributed by atoms with Gasteiger partial charge in [0.2, 0.25) is 0 Å². The van der Waals surface area contributed by atoms with Crippen LogP contribution in [0.1, 0.15) is 44.6 Å². The van der Waals surface area contributed by atoms with E-state index in [0.29, 0.717) is 22.8 Å². The molecule has 4 aromatic heterocycles. The van der Waals surface area contributed by atoms with Crippen LogP contribution in [-0.4, -0.2) is 51.1 Å². The fourth-order valence-electron chi connectivity index (χ4n) is 6.20. The number of aromatic nitrogens is 5. The quantitative estimate of drug-likeness (QED) is 0.263. The second-order valence-corrected chi connectivity index (χ2v) is 12.1. The van der Waals surface area contributed by atoms with Crippen molar-refractivity contribution >= 4 is 39.4 Å². The summed E-state index contributed by atoms with van der Waals surface area (Å²) in [6.07, 6.45) is 9.22. The highest BCUT2D eigenvalue weighted by molar-refractivity contribution is 6.30. The second-order valence-electron chi connectivity index (χ2n) is 11.7. The third-order valence-electron chi connectivity index (χ3n) is 8.44. The number of pyridine rings is 2. The molecule has 2 aliphatic rings. The van der Waals surface area contributed by atoms with Gasteiger partial charge in [0, 0.05) is 59.1 Å². The zero-order valence-electron chi connectivity index (χ0n) is 22.5. The number of rotatable bonds is 5. The predicted molar refractivity (Wildman–Crippen MR) is 158 cm³/mol. The average Bonchev–Trinajstić information content (AvgIpc) is 3.69. The molecule has 0 amide bonds. The zero-order chi connectivity index (χ0) is 26.7. The third kappa shape index (κ3) is 4.34.